The molecule has 5 aromatic carbocycles. The summed E-state index contributed by atoms with van der Waals surface area (Å²) in [7, 11) is 0. The van der Waals surface area contributed by atoms with Gasteiger partial charge in [-0.05, 0) is 63.1 Å². The van der Waals surface area contributed by atoms with Crippen molar-refractivity contribution in [3.63, 3.8) is 0 Å². The van der Waals surface area contributed by atoms with E-state index in [1.807, 2.05) is 60.7 Å². The molecule has 2 N–H and O–H groups in total. The SMILES string of the molecule is CC1(C)CC(=O)C2=C(C1)c1c(ccc3ccccc13)N[C@@H]2c1cc(-c2ccccc2)c(O)c(-c2ccccc2)c1. The lowest BCUT2D eigenvalue weighted by atomic mass is 9.67. The highest BCUT2D eigenvalue weighted by Crippen LogP contribution is 2.53. The molecule has 0 saturated heterocycles. The highest BCUT2D eigenvalue weighted by Gasteiger charge is 2.41. The first-order chi connectivity index (χ1) is 19.4. The van der Waals surface area contributed by atoms with Crippen LogP contribution in [0.15, 0.2) is 115 Å². The fraction of sp³-hybridized carbons (Fsp3) is 0.162. The normalized spacial score (nSPS) is 17.8. The standard InChI is InChI=1S/C37H31NO2/c1-37(2)21-30-33-27-16-10-9-15-25(27)17-18-31(33)38-35(34(30)32(39)22-37)26-19-28(23-11-5-3-6-12-23)36(40)29(20-26)24-13-7-4-8-14-24/h3-20,35,38,40H,21-22H2,1-2H3/t35-/m1/s1. The Kier molecular flexibility index (Phi) is 5.64. The number of Topliss-reactive ketones (excluding diaryl/α,β-unsaturated/α-hetero) is 1. The molecule has 0 fully saturated rings. The summed E-state index contributed by atoms with van der Waals surface area (Å²) < 4.78 is 0. The molecule has 3 heteroatoms. The van der Waals surface area contributed by atoms with Crippen molar-refractivity contribution in [2.75, 3.05) is 5.32 Å². The van der Waals surface area contributed by atoms with Gasteiger partial charge >= 0.3 is 0 Å². The number of anilines is 1. The molecule has 2 aliphatic rings. The number of allylic oxidation sites excluding steroid dienone is 1. The summed E-state index contributed by atoms with van der Waals surface area (Å²) in [6, 6.07) is 36.5. The molecule has 0 saturated carbocycles. The molecule has 0 aromatic heterocycles. The average Bonchev–Trinajstić information content (AvgIpc) is 2.97. The Morgan fingerprint density at radius 2 is 1.35 bits per heavy atom. The Labute approximate surface area is 234 Å². The molecule has 0 spiro atoms. The van der Waals surface area contributed by atoms with Crippen LogP contribution < -0.4 is 5.32 Å². The molecule has 1 heterocycles. The van der Waals surface area contributed by atoms with Crippen LogP contribution in [-0.2, 0) is 4.79 Å². The van der Waals surface area contributed by atoms with Gasteiger partial charge in [0, 0.05) is 34.4 Å². The third-order valence-electron chi connectivity index (χ3n) is 8.37. The van der Waals surface area contributed by atoms with Gasteiger partial charge in [-0.25, -0.2) is 0 Å². The maximum absolute atomic E-state index is 14.0. The summed E-state index contributed by atoms with van der Waals surface area (Å²) in [6.07, 6.45) is 1.35. The second-order valence-electron chi connectivity index (χ2n) is 11.8. The zero-order valence-electron chi connectivity index (χ0n) is 22.7. The van der Waals surface area contributed by atoms with E-state index in [2.05, 4.69) is 67.7 Å². The highest BCUT2D eigenvalue weighted by molar-refractivity contribution is 6.13. The number of carbonyl (C=O) groups is 1. The van der Waals surface area contributed by atoms with Crippen LogP contribution in [0.5, 0.6) is 5.75 Å². The second kappa shape index (κ2) is 9.24. The molecular formula is C37H31NO2. The number of nitrogens with one attached hydrogen (secondary N) is 1. The van der Waals surface area contributed by atoms with E-state index in [4.69, 9.17) is 0 Å². The molecule has 40 heavy (non-hydrogen) atoms. The third kappa shape index (κ3) is 4.01. The first kappa shape index (κ1) is 24.4. The smallest absolute Gasteiger partial charge is 0.162 e. The predicted molar refractivity (Wildman–Crippen MR) is 164 cm³/mol. The number of aromatic hydroxyl groups is 1. The lowest BCUT2D eigenvalue weighted by molar-refractivity contribution is -0.118. The number of fused-ring (bicyclic) bond motifs is 4. The van der Waals surface area contributed by atoms with Crippen LogP contribution in [0.4, 0.5) is 5.69 Å². The van der Waals surface area contributed by atoms with Gasteiger partial charge in [0.2, 0.25) is 0 Å². The largest absolute Gasteiger partial charge is 0.507 e. The minimum absolute atomic E-state index is 0.120. The molecular weight excluding hydrogens is 490 g/mol. The zero-order chi connectivity index (χ0) is 27.4. The van der Waals surface area contributed by atoms with Gasteiger partial charge in [0.1, 0.15) is 5.75 Å². The van der Waals surface area contributed by atoms with Crippen LogP contribution in [-0.4, -0.2) is 10.9 Å². The van der Waals surface area contributed by atoms with Crippen molar-refractivity contribution < 1.29 is 9.90 Å². The van der Waals surface area contributed by atoms with Gasteiger partial charge in [-0.3, -0.25) is 4.79 Å². The highest BCUT2D eigenvalue weighted by atomic mass is 16.3. The molecule has 196 valence electrons. The van der Waals surface area contributed by atoms with Crippen molar-refractivity contribution in [1.29, 1.82) is 0 Å². The number of carbonyl (C=O) groups excluding carboxylic acids is 1. The maximum Gasteiger partial charge on any atom is 0.162 e. The summed E-state index contributed by atoms with van der Waals surface area (Å²) in [5.74, 6) is 0.437. The number of hydrogen-bond donors (Lipinski definition) is 2. The molecule has 7 rings (SSSR count). The molecule has 0 bridgehead atoms. The van der Waals surface area contributed by atoms with Crippen LogP contribution in [0.2, 0.25) is 0 Å². The molecule has 3 nitrogen and oxygen atoms in total. The average molecular weight is 522 g/mol. The van der Waals surface area contributed by atoms with Gasteiger partial charge in [0.25, 0.3) is 0 Å². The van der Waals surface area contributed by atoms with Gasteiger partial charge in [-0.1, -0.05) is 105 Å². The first-order valence-electron chi connectivity index (χ1n) is 13.9. The lowest BCUT2D eigenvalue weighted by Gasteiger charge is -2.40. The van der Waals surface area contributed by atoms with E-state index in [9.17, 15) is 9.90 Å². The summed E-state index contributed by atoms with van der Waals surface area (Å²) >= 11 is 0. The summed E-state index contributed by atoms with van der Waals surface area (Å²) in [4.78, 5) is 14.0. The lowest BCUT2D eigenvalue weighted by Crippen LogP contribution is -2.33. The van der Waals surface area contributed by atoms with Crippen molar-refractivity contribution in [3.8, 4) is 28.0 Å². The summed E-state index contributed by atoms with van der Waals surface area (Å²) in [5.41, 5.74) is 8.43. The topological polar surface area (TPSA) is 49.3 Å². The molecule has 0 radical (unpaired) electrons. The molecule has 0 unspecified atom stereocenters. The molecule has 5 aromatic rings. The van der Waals surface area contributed by atoms with Gasteiger partial charge < -0.3 is 10.4 Å². The Bertz CT molecular complexity index is 1760. The minimum atomic E-state index is -0.321. The Balaban J connectivity index is 1.50. The van der Waals surface area contributed by atoms with Crippen LogP contribution in [0.25, 0.3) is 38.6 Å². The van der Waals surface area contributed by atoms with Gasteiger partial charge in [0.15, 0.2) is 5.78 Å². The van der Waals surface area contributed by atoms with E-state index < -0.39 is 0 Å². The molecule has 0 amide bonds. The van der Waals surface area contributed by atoms with Crippen LogP contribution in [0.1, 0.15) is 43.9 Å². The number of benzene rings is 5. The van der Waals surface area contributed by atoms with Gasteiger partial charge in [0.05, 0.1) is 6.04 Å². The van der Waals surface area contributed by atoms with E-state index in [1.165, 1.54) is 10.8 Å². The van der Waals surface area contributed by atoms with Crippen molar-refractivity contribution in [2.24, 2.45) is 5.41 Å². The molecule has 1 atom stereocenters. The Hall–Kier alpha value is -4.63. The van der Waals surface area contributed by atoms with E-state index in [1.54, 1.807) is 0 Å². The van der Waals surface area contributed by atoms with Crippen LogP contribution in [0.3, 0.4) is 0 Å². The number of phenolic OH excluding ortho intramolecular Hbond substituents is 1. The van der Waals surface area contributed by atoms with Crippen LogP contribution in [0, 0.1) is 5.41 Å². The van der Waals surface area contributed by atoms with Crippen molar-refractivity contribution >= 4 is 27.8 Å². The fourth-order valence-corrected chi connectivity index (χ4v) is 6.59. The number of rotatable bonds is 3. The van der Waals surface area contributed by atoms with E-state index in [-0.39, 0.29) is 23.0 Å². The van der Waals surface area contributed by atoms with E-state index >= 15 is 0 Å². The van der Waals surface area contributed by atoms with E-state index in [0.717, 1.165) is 56.6 Å². The van der Waals surface area contributed by atoms with Gasteiger partial charge in [-0.2, -0.15) is 0 Å². The third-order valence-corrected chi connectivity index (χ3v) is 8.37. The predicted octanol–water partition coefficient (Wildman–Crippen LogP) is 9.19. The number of ketones is 1. The van der Waals surface area contributed by atoms with Crippen molar-refractivity contribution in [2.45, 2.75) is 32.7 Å². The van der Waals surface area contributed by atoms with Crippen molar-refractivity contribution in [1.82, 2.24) is 0 Å². The Morgan fingerprint density at radius 1 is 0.750 bits per heavy atom. The number of hydrogen-bond acceptors (Lipinski definition) is 3. The number of phenols is 1. The van der Waals surface area contributed by atoms with Crippen molar-refractivity contribution in [3.05, 3.63) is 126 Å². The molecule has 1 aliphatic heterocycles. The zero-order valence-corrected chi connectivity index (χ0v) is 22.7. The van der Waals surface area contributed by atoms with E-state index in [0.29, 0.717) is 6.42 Å². The quantitative estimate of drug-likeness (QED) is 0.249. The fourth-order valence-electron chi connectivity index (χ4n) is 6.59. The summed E-state index contributed by atoms with van der Waals surface area (Å²) in [5, 5.41) is 17.7. The van der Waals surface area contributed by atoms with Gasteiger partial charge in [-0.15, -0.1) is 0 Å². The first-order valence-corrected chi connectivity index (χ1v) is 13.9. The minimum Gasteiger partial charge on any atom is -0.507 e. The maximum atomic E-state index is 14.0. The second-order valence-corrected chi connectivity index (χ2v) is 11.8. The monoisotopic (exact) mass is 521 g/mol. The molecule has 1 aliphatic carbocycles. The summed E-state index contributed by atoms with van der Waals surface area (Å²) in [6.45, 7) is 4.39. The van der Waals surface area contributed by atoms with Crippen LogP contribution >= 0.6 is 0 Å². The Morgan fingerprint density at radius 3 is 2.00 bits per heavy atom.